The van der Waals surface area contributed by atoms with Gasteiger partial charge in [0.15, 0.2) is 0 Å². The van der Waals surface area contributed by atoms with Gasteiger partial charge in [0.25, 0.3) is 0 Å². The fourth-order valence-electron chi connectivity index (χ4n) is 6.90. The lowest BCUT2D eigenvalue weighted by Crippen LogP contribution is -2.30. The Labute approximate surface area is 324 Å². The van der Waals surface area contributed by atoms with E-state index in [9.17, 15) is 4.79 Å². The van der Waals surface area contributed by atoms with Crippen LogP contribution in [0.5, 0.6) is 0 Å². The molecule has 1 N–H and O–H groups in total. The van der Waals surface area contributed by atoms with Crippen molar-refractivity contribution >= 4 is 17.9 Å². The highest BCUT2D eigenvalue weighted by atomic mass is 32.2. The van der Waals surface area contributed by atoms with E-state index in [0.29, 0.717) is 38.2 Å². The van der Waals surface area contributed by atoms with Gasteiger partial charge in [0, 0.05) is 18.9 Å². The number of carbonyl (C=O) groups excluding carboxylic acids is 1. The minimum absolute atomic E-state index is 0.319. The first kappa shape index (κ1) is 50.5. The molecule has 6 heteroatoms. The summed E-state index contributed by atoms with van der Waals surface area (Å²) in [7, 11) is 1.66. The summed E-state index contributed by atoms with van der Waals surface area (Å²) >= 11 is 2.03. The Bertz CT molecular complexity index is 614. The highest BCUT2D eigenvalue weighted by molar-refractivity contribution is 7.99. The molecule has 0 aliphatic carbocycles. The number of ether oxygens (including phenoxy) is 3. The number of amides is 1. The molecule has 306 valence electrons. The van der Waals surface area contributed by atoms with Crippen LogP contribution in [0.1, 0.15) is 232 Å². The molecule has 5 nitrogen and oxygen atoms in total. The smallest absolute Gasteiger partial charge is 0.407 e. The van der Waals surface area contributed by atoms with E-state index in [4.69, 9.17) is 14.2 Å². The predicted molar refractivity (Wildman–Crippen MR) is 227 cm³/mol. The van der Waals surface area contributed by atoms with Crippen molar-refractivity contribution in [2.75, 3.05) is 45.8 Å². The number of thioether (sulfide) groups is 1. The molecule has 0 fully saturated rings. The number of methoxy groups -OCH3 is 1. The van der Waals surface area contributed by atoms with Crippen molar-refractivity contribution in [2.24, 2.45) is 0 Å². The molecule has 0 aromatic carbocycles. The molecule has 0 saturated carbocycles. The van der Waals surface area contributed by atoms with Crippen LogP contribution in [0.4, 0.5) is 4.79 Å². The highest BCUT2D eigenvalue weighted by Crippen LogP contribution is 2.22. The molecular weight excluding hydrogens is 651 g/mol. The van der Waals surface area contributed by atoms with Crippen LogP contribution >= 0.6 is 11.8 Å². The zero-order chi connectivity index (χ0) is 37.0. The van der Waals surface area contributed by atoms with E-state index in [-0.39, 0.29) is 6.09 Å². The molecule has 0 aliphatic heterocycles. The Morgan fingerprint density at radius 2 is 0.863 bits per heavy atom. The van der Waals surface area contributed by atoms with Gasteiger partial charge in [-0.2, -0.15) is 11.8 Å². The van der Waals surface area contributed by atoms with Crippen molar-refractivity contribution in [3.8, 4) is 0 Å². The molecule has 1 atom stereocenters. The van der Waals surface area contributed by atoms with Crippen LogP contribution < -0.4 is 5.32 Å². The molecule has 0 saturated heterocycles. The van der Waals surface area contributed by atoms with Crippen molar-refractivity contribution in [1.29, 1.82) is 0 Å². The second-order valence-corrected chi connectivity index (χ2v) is 16.8. The van der Waals surface area contributed by atoms with Crippen molar-refractivity contribution in [1.82, 2.24) is 5.32 Å². The first-order chi connectivity index (χ1) is 25.2. The summed E-state index contributed by atoms with van der Waals surface area (Å²) < 4.78 is 16.1. The molecule has 0 aliphatic rings. The summed E-state index contributed by atoms with van der Waals surface area (Å²) in [5.41, 5.74) is 0. The van der Waals surface area contributed by atoms with Crippen LogP contribution in [0, 0.1) is 0 Å². The SMILES string of the molecule is CCCCCCCCCCCCCCCCCCCC(COC(=O)NCCOCCOC)SCCCCCCCCCCCCCCCCCC. The van der Waals surface area contributed by atoms with Gasteiger partial charge in [-0.25, -0.2) is 4.79 Å². The third kappa shape index (κ3) is 43.8. The summed E-state index contributed by atoms with van der Waals surface area (Å²) in [5, 5.41) is 3.23. The summed E-state index contributed by atoms with van der Waals surface area (Å²) in [6, 6.07) is 0. The van der Waals surface area contributed by atoms with E-state index in [2.05, 4.69) is 19.2 Å². The van der Waals surface area contributed by atoms with Crippen molar-refractivity contribution in [3.63, 3.8) is 0 Å². The van der Waals surface area contributed by atoms with E-state index in [1.807, 2.05) is 11.8 Å². The van der Waals surface area contributed by atoms with Crippen LogP contribution in [-0.2, 0) is 14.2 Å². The van der Waals surface area contributed by atoms with E-state index in [0.717, 1.165) is 6.42 Å². The Morgan fingerprint density at radius 3 is 1.25 bits per heavy atom. The van der Waals surface area contributed by atoms with E-state index in [1.54, 1.807) is 7.11 Å². The average Bonchev–Trinajstić information content (AvgIpc) is 3.14. The standard InChI is InChI=1S/C45H91NO4S/c1-4-6-8-10-12-14-16-18-20-22-23-25-27-29-31-33-35-37-44(43-50-45(47)46-38-39-49-41-40-48-3)51-42-36-34-32-30-28-26-24-21-19-17-15-13-11-9-7-5-2/h44H,4-43H2,1-3H3,(H,46,47). The minimum atomic E-state index is -0.319. The fourth-order valence-corrected chi connectivity index (χ4v) is 8.10. The number of unbranched alkanes of at least 4 members (excludes halogenated alkanes) is 31. The molecule has 0 radical (unpaired) electrons. The van der Waals surface area contributed by atoms with Gasteiger partial charge < -0.3 is 19.5 Å². The summed E-state index contributed by atoms with van der Waals surface area (Å²) in [6.07, 6.45) is 47.2. The number of hydrogen-bond acceptors (Lipinski definition) is 5. The van der Waals surface area contributed by atoms with Crippen molar-refractivity contribution < 1.29 is 19.0 Å². The number of rotatable bonds is 44. The van der Waals surface area contributed by atoms with Crippen LogP contribution in [-0.4, -0.2) is 57.2 Å². The molecule has 0 bridgehead atoms. The fraction of sp³-hybridized carbons (Fsp3) is 0.978. The van der Waals surface area contributed by atoms with E-state index in [1.165, 1.54) is 218 Å². The lowest BCUT2D eigenvalue weighted by Gasteiger charge is -2.17. The van der Waals surface area contributed by atoms with E-state index >= 15 is 0 Å². The molecule has 0 heterocycles. The zero-order valence-electron chi connectivity index (χ0n) is 34.9. The predicted octanol–water partition coefficient (Wildman–Crippen LogP) is 14.8. The molecule has 1 amide bonds. The maximum atomic E-state index is 12.3. The molecular formula is C45H91NO4S. The van der Waals surface area contributed by atoms with Crippen LogP contribution in [0.25, 0.3) is 0 Å². The molecule has 51 heavy (non-hydrogen) atoms. The maximum absolute atomic E-state index is 12.3. The van der Waals surface area contributed by atoms with Gasteiger partial charge in [0.05, 0.1) is 19.8 Å². The topological polar surface area (TPSA) is 56.8 Å². The Balaban J connectivity index is 3.94. The van der Waals surface area contributed by atoms with E-state index < -0.39 is 0 Å². The van der Waals surface area contributed by atoms with Crippen molar-refractivity contribution in [2.45, 2.75) is 237 Å². The largest absolute Gasteiger partial charge is 0.448 e. The average molecular weight is 742 g/mol. The normalized spacial score (nSPS) is 12.1. The lowest BCUT2D eigenvalue weighted by molar-refractivity contribution is 0.0706. The van der Waals surface area contributed by atoms with Gasteiger partial charge in [-0.05, 0) is 18.6 Å². The molecule has 1 unspecified atom stereocenters. The number of carbonyl (C=O) groups is 1. The van der Waals surface area contributed by atoms with Gasteiger partial charge in [-0.15, -0.1) is 0 Å². The van der Waals surface area contributed by atoms with Gasteiger partial charge in [-0.3, -0.25) is 0 Å². The molecule has 0 aromatic rings. The van der Waals surface area contributed by atoms with Gasteiger partial charge >= 0.3 is 6.09 Å². The summed E-state index contributed by atoms with van der Waals surface area (Å²) in [6.45, 7) is 7.18. The third-order valence-electron chi connectivity index (χ3n) is 10.3. The van der Waals surface area contributed by atoms with Crippen LogP contribution in [0.15, 0.2) is 0 Å². The monoisotopic (exact) mass is 742 g/mol. The number of nitrogens with one attached hydrogen (secondary N) is 1. The van der Waals surface area contributed by atoms with Gasteiger partial charge in [0.1, 0.15) is 6.61 Å². The Kier molecular flexibility index (Phi) is 45.3. The van der Waals surface area contributed by atoms with Gasteiger partial charge in [-0.1, -0.05) is 219 Å². The Morgan fingerprint density at radius 1 is 0.490 bits per heavy atom. The first-order valence-corrected chi connectivity index (χ1v) is 23.9. The maximum Gasteiger partial charge on any atom is 0.407 e. The van der Waals surface area contributed by atoms with Crippen molar-refractivity contribution in [3.05, 3.63) is 0 Å². The first-order valence-electron chi connectivity index (χ1n) is 22.8. The lowest BCUT2D eigenvalue weighted by atomic mass is 10.0. The molecule has 0 spiro atoms. The molecule has 0 rings (SSSR count). The summed E-state index contributed by atoms with van der Waals surface area (Å²) in [5.74, 6) is 1.18. The minimum Gasteiger partial charge on any atom is -0.448 e. The van der Waals surface area contributed by atoms with Gasteiger partial charge in [0.2, 0.25) is 0 Å². The second-order valence-electron chi connectivity index (χ2n) is 15.4. The molecule has 0 aromatic heterocycles. The number of hydrogen-bond donors (Lipinski definition) is 1. The third-order valence-corrected chi connectivity index (χ3v) is 11.7. The zero-order valence-corrected chi connectivity index (χ0v) is 35.7. The van der Waals surface area contributed by atoms with Crippen LogP contribution in [0.2, 0.25) is 0 Å². The Hall–Kier alpha value is -0.460. The van der Waals surface area contributed by atoms with Crippen LogP contribution in [0.3, 0.4) is 0 Å². The summed E-state index contributed by atoms with van der Waals surface area (Å²) in [4.78, 5) is 12.3. The second kappa shape index (κ2) is 45.7. The highest BCUT2D eigenvalue weighted by Gasteiger charge is 2.13. The quantitative estimate of drug-likeness (QED) is 0.0630. The number of alkyl carbamates (subject to hydrolysis) is 1.